The number of hydrogen-bond donors (Lipinski definition) is 2. The smallest absolute Gasteiger partial charge is 0.231 e. The molecule has 18 heavy (non-hydrogen) atoms. The largest absolute Gasteiger partial charge is 0.454 e. The van der Waals surface area contributed by atoms with Crippen molar-refractivity contribution < 1.29 is 14.3 Å². The number of benzene rings is 1. The molecule has 0 saturated carbocycles. The fourth-order valence-electron chi connectivity index (χ4n) is 1.86. The Morgan fingerprint density at radius 2 is 2.11 bits per heavy atom. The predicted molar refractivity (Wildman–Crippen MR) is 67.4 cm³/mol. The molecule has 0 spiro atoms. The number of nitrogens with two attached hydrogens (primary N) is 1. The van der Waals surface area contributed by atoms with Gasteiger partial charge >= 0.3 is 0 Å². The second-order valence-corrected chi connectivity index (χ2v) is 4.58. The van der Waals surface area contributed by atoms with E-state index in [9.17, 15) is 4.79 Å². The topological polar surface area (TPSA) is 73.6 Å². The summed E-state index contributed by atoms with van der Waals surface area (Å²) in [5.74, 6) is 1.42. The van der Waals surface area contributed by atoms with E-state index < -0.39 is 0 Å². The van der Waals surface area contributed by atoms with Gasteiger partial charge in [-0.2, -0.15) is 0 Å². The maximum Gasteiger partial charge on any atom is 0.231 e. The fraction of sp³-hybridized carbons (Fsp3) is 0.462. The molecule has 5 nitrogen and oxygen atoms in total. The molecule has 5 heteroatoms. The molecule has 0 aromatic heterocycles. The molecule has 1 amide bonds. The Kier molecular flexibility index (Phi) is 3.72. The highest BCUT2D eigenvalue weighted by Crippen LogP contribution is 2.34. The summed E-state index contributed by atoms with van der Waals surface area (Å²) < 4.78 is 10.5. The van der Waals surface area contributed by atoms with Crippen LogP contribution in [0.2, 0.25) is 0 Å². The van der Waals surface area contributed by atoms with Crippen LogP contribution in [0, 0.1) is 0 Å². The van der Waals surface area contributed by atoms with Crippen LogP contribution in [0.3, 0.4) is 0 Å². The molecule has 0 fully saturated rings. The Bertz CT molecular complexity index is 446. The first kappa shape index (κ1) is 12.7. The molecule has 0 aliphatic carbocycles. The molecule has 2 atom stereocenters. The molecule has 3 N–H and O–H groups in total. The Morgan fingerprint density at radius 3 is 2.83 bits per heavy atom. The van der Waals surface area contributed by atoms with Gasteiger partial charge < -0.3 is 20.5 Å². The van der Waals surface area contributed by atoms with Crippen LogP contribution in [-0.2, 0) is 4.79 Å². The first-order valence-electron chi connectivity index (χ1n) is 6.00. The number of rotatable bonds is 4. The minimum absolute atomic E-state index is 0.0461. The van der Waals surface area contributed by atoms with Gasteiger partial charge in [0, 0.05) is 12.5 Å². The monoisotopic (exact) mass is 250 g/mol. The molecule has 1 aromatic rings. The summed E-state index contributed by atoms with van der Waals surface area (Å²) in [6.45, 7) is 3.99. The van der Waals surface area contributed by atoms with Gasteiger partial charge in [-0.1, -0.05) is 6.07 Å². The minimum Gasteiger partial charge on any atom is -0.454 e. The normalized spacial score (nSPS) is 16.2. The number of ether oxygens (including phenoxy) is 2. The van der Waals surface area contributed by atoms with Crippen LogP contribution in [0.1, 0.15) is 31.9 Å². The highest BCUT2D eigenvalue weighted by atomic mass is 16.7. The van der Waals surface area contributed by atoms with Crippen molar-refractivity contribution in [2.75, 3.05) is 6.79 Å². The molecule has 0 saturated heterocycles. The summed E-state index contributed by atoms with van der Waals surface area (Å²) in [5, 5.41) is 2.90. The molecule has 1 aliphatic heterocycles. The van der Waals surface area contributed by atoms with Gasteiger partial charge in [-0.05, 0) is 31.5 Å². The Morgan fingerprint density at radius 1 is 1.39 bits per heavy atom. The summed E-state index contributed by atoms with van der Waals surface area (Å²) in [5.41, 5.74) is 6.57. The number of fused-ring (bicyclic) bond motifs is 1. The molecule has 0 radical (unpaired) electrons. The molecule has 2 unspecified atom stereocenters. The summed E-state index contributed by atoms with van der Waals surface area (Å²) in [4.78, 5) is 11.6. The second kappa shape index (κ2) is 5.27. The zero-order valence-corrected chi connectivity index (χ0v) is 10.6. The zero-order chi connectivity index (χ0) is 13.1. The van der Waals surface area contributed by atoms with Gasteiger partial charge in [0.25, 0.3) is 0 Å². The number of hydrogen-bond acceptors (Lipinski definition) is 4. The van der Waals surface area contributed by atoms with Crippen molar-refractivity contribution in [3.63, 3.8) is 0 Å². The maximum atomic E-state index is 11.6. The van der Waals surface area contributed by atoms with Crippen LogP contribution < -0.4 is 20.5 Å². The van der Waals surface area contributed by atoms with Crippen molar-refractivity contribution in [1.29, 1.82) is 0 Å². The van der Waals surface area contributed by atoms with Crippen molar-refractivity contribution in [1.82, 2.24) is 5.32 Å². The molecule has 98 valence electrons. The molecule has 1 heterocycles. The number of nitrogens with one attached hydrogen (secondary N) is 1. The maximum absolute atomic E-state index is 11.6. The first-order chi connectivity index (χ1) is 8.56. The van der Waals surface area contributed by atoms with Gasteiger partial charge in [0.15, 0.2) is 11.5 Å². The van der Waals surface area contributed by atoms with Gasteiger partial charge in [0.1, 0.15) is 0 Å². The van der Waals surface area contributed by atoms with Crippen molar-refractivity contribution in [2.24, 2.45) is 5.73 Å². The lowest BCUT2D eigenvalue weighted by Gasteiger charge is -2.15. The standard InChI is InChI=1S/C13H18N2O3/c1-8(14)5-13(16)15-9(2)10-3-4-11-12(6-10)18-7-17-11/h3-4,6,8-9H,5,7,14H2,1-2H3,(H,15,16). The van der Waals surface area contributed by atoms with Gasteiger partial charge in [0.2, 0.25) is 12.7 Å². The summed E-state index contributed by atoms with van der Waals surface area (Å²) in [6.07, 6.45) is 0.328. The third-order valence-corrected chi connectivity index (χ3v) is 2.78. The van der Waals surface area contributed by atoms with Crippen LogP contribution in [-0.4, -0.2) is 18.7 Å². The van der Waals surface area contributed by atoms with Gasteiger partial charge in [-0.25, -0.2) is 0 Å². The summed E-state index contributed by atoms with van der Waals surface area (Å²) in [7, 11) is 0. The lowest BCUT2D eigenvalue weighted by atomic mass is 10.1. The second-order valence-electron chi connectivity index (χ2n) is 4.58. The fourth-order valence-corrected chi connectivity index (χ4v) is 1.86. The summed E-state index contributed by atoms with van der Waals surface area (Å²) >= 11 is 0. The molecule has 2 rings (SSSR count). The number of amides is 1. The van der Waals surface area contributed by atoms with Gasteiger partial charge in [-0.3, -0.25) is 4.79 Å². The van der Waals surface area contributed by atoms with E-state index in [0.717, 1.165) is 17.1 Å². The lowest BCUT2D eigenvalue weighted by molar-refractivity contribution is -0.122. The Labute approximate surface area is 106 Å². The SMILES string of the molecule is CC(N)CC(=O)NC(C)c1ccc2c(c1)OCO2. The van der Waals surface area contributed by atoms with E-state index in [0.29, 0.717) is 6.42 Å². The Hall–Kier alpha value is -1.75. The quantitative estimate of drug-likeness (QED) is 0.845. The molecular formula is C13H18N2O3. The molecular weight excluding hydrogens is 232 g/mol. The van der Waals surface area contributed by atoms with Crippen LogP contribution in [0.4, 0.5) is 0 Å². The van der Waals surface area contributed by atoms with Crippen LogP contribution >= 0.6 is 0 Å². The molecule has 1 aromatic carbocycles. The lowest BCUT2D eigenvalue weighted by Crippen LogP contribution is -2.31. The van der Waals surface area contributed by atoms with Crippen molar-refractivity contribution >= 4 is 5.91 Å². The van der Waals surface area contributed by atoms with E-state index in [4.69, 9.17) is 15.2 Å². The van der Waals surface area contributed by atoms with E-state index in [1.807, 2.05) is 32.0 Å². The summed E-state index contributed by atoms with van der Waals surface area (Å²) in [6, 6.07) is 5.45. The highest BCUT2D eigenvalue weighted by molar-refractivity contribution is 5.77. The van der Waals surface area contributed by atoms with E-state index in [-0.39, 0.29) is 24.8 Å². The van der Waals surface area contributed by atoms with Crippen LogP contribution in [0.15, 0.2) is 18.2 Å². The van der Waals surface area contributed by atoms with E-state index in [1.165, 1.54) is 0 Å². The third kappa shape index (κ3) is 2.92. The predicted octanol–water partition coefficient (Wildman–Crippen LogP) is 1.33. The van der Waals surface area contributed by atoms with Crippen molar-refractivity contribution in [3.05, 3.63) is 23.8 Å². The minimum atomic E-state index is -0.131. The molecule has 1 aliphatic rings. The third-order valence-electron chi connectivity index (χ3n) is 2.78. The van der Waals surface area contributed by atoms with Crippen molar-refractivity contribution in [3.8, 4) is 11.5 Å². The average molecular weight is 250 g/mol. The van der Waals surface area contributed by atoms with Crippen LogP contribution in [0.25, 0.3) is 0 Å². The van der Waals surface area contributed by atoms with Crippen molar-refractivity contribution in [2.45, 2.75) is 32.4 Å². The zero-order valence-electron chi connectivity index (χ0n) is 10.6. The highest BCUT2D eigenvalue weighted by Gasteiger charge is 2.17. The van der Waals surface area contributed by atoms with Gasteiger partial charge in [-0.15, -0.1) is 0 Å². The first-order valence-corrected chi connectivity index (χ1v) is 6.00. The number of carbonyl (C=O) groups excluding carboxylic acids is 1. The van der Waals surface area contributed by atoms with E-state index in [1.54, 1.807) is 0 Å². The average Bonchev–Trinajstić information content (AvgIpc) is 2.74. The van der Waals surface area contributed by atoms with E-state index >= 15 is 0 Å². The Balaban J connectivity index is 2.00. The van der Waals surface area contributed by atoms with E-state index in [2.05, 4.69) is 5.32 Å². The number of carbonyl (C=O) groups is 1. The molecule has 0 bridgehead atoms. The van der Waals surface area contributed by atoms with Gasteiger partial charge in [0.05, 0.1) is 6.04 Å². The van der Waals surface area contributed by atoms with Crippen LogP contribution in [0.5, 0.6) is 11.5 Å².